The van der Waals surface area contributed by atoms with Crippen molar-refractivity contribution in [3.8, 4) is 0 Å². The molecule has 0 radical (unpaired) electrons. The standard InChI is InChI=1S/C12H17N3O3/c1-9-5-3-6-10(15(17)18)11(9)12(16)14(2)8-4-7-13/h3,5-6H,4,7-8,13H2,1-2H3. The molecular formula is C12H17N3O3. The summed E-state index contributed by atoms with van der Waals surface area (Å²) in [6.07, 6.45) is 0.669. The van der Waals surface area contributed by atoms with Crippen molar-refractivity contribution in [2.45, 2.75) is 13.3 Å². The van der Waals surface area contributed by atoms with Crippen molar-refractivity contribution in [1.29, 1.82) is 0 Å². The van der Waals surface area contributed by atoms with Crippen molar-refractivity contribution >= 4 is 11.6 Å². The summed E-state index contributed by atoms with van der Waals surface area (Å²) in [6, 6.07) is 4.61. The molecule has 0 fully saturated rings. The molecule has 6 heteroatoms. The molecule has 0 aliphatic heterocycles. The number of nitrogens with zero attached hydrogens (tertiary/aromatic N) is 2. The van der Waals surface area contributed by atoms with Crippen LogP contribution in [0.5, 0.6) is 0 Å². The summed E-state index contributed by atoms with van der Waals surface area (Å²) in [5, 5.41) is 10.9. The molecular weight excluding hydrogens is 234 g/mol. The Morgan fingerprint density at radius 2 is 2.17 bits per heavy atom. The van der Waals surface area contributed by atoms with Crippen LogP contribution in [0.2, 0.25) is 0 Å². The highest BCUT2D eigenvalue weighted by molar-refractivity contribution is 5.99. The number of amides is 1. The molecule has 0 aliphatic carbocycles. The maximum Gasteiger partial charge on any atom is 0.282 e. The van der Waals surface area contributed by atoms with Crippen LogP contribution < -0.4 is 5.73 Å². The average Bonchev–Trinajstić information content (AvgIpc) is 2.34. The van der Waals surface area contributed by atoms with Crippen molar-refractivity contribution in [1.82, 2.24) is 4.90 Å². The van der Waals surface area contributed by atoms with Gasteiger partial charge >= 0.3 is 0 Å². The van der Waals surface area contributed by atoms with Gasteiger partial charge in [0, 0.05) is 19.7 Å². The van der Waals surface area contributed by atoms with E-state index in [0.29, 0.717) is 25.1 Å². The molecule has 0 atom stereocenters. The van der Waals surface area contributed by atoms with Gasteiger partial charge in [0.15, 0.2) is 0 Å². The fraction of sp³-hybridized carbons (Fsp3) is 0.417. The Hall–Kier alpha value is -1.95. The van der Waals surface area contributed by atoms with Crippen molar-refractivity contribution in [3.05, 3.63) is 39.4 Å². The first-order chi connectivity index (χ1) is 8.49. The van der Waals surface area contributed by atoms with E-state index in [1.807, 2.05) is 0 Å². The Morgan fingerprint density at radius 3 is 2.72 bits per heavy atom. The number of aryl methyl sites for hydroxylation is 1. The zero-order valence-electron chi connectivity index (χ0n) is 10.5. The number of benzene rings is 1. The second kappa shape index (κ2) is 6.11. The van der Waals surface area contributed by atoms with E-state index in [2.05, 4.69) is 0 Å². The molecule has 98 valence electrons. The van der Waals surface area contributed by atoms with Gasteiger partial charge in [0.1, 0.15) is 5.56 Å². The lowest BCUT2D eigenvalue weighted by Gasteiger charge is -2.17. The lowest BCUT2D eigenvalue weighted by molar-refractivity contribution is -0.385. The van der Waals surface area contributed by atoms with Crippen molar-refractivity contribution < 1.29 is 9.72 Å². The molecule has 0 unspecified atom stereocenters. The highest BCUT2D eigenvalue weighted by atomic mass is 16.6. The molecule has 0 aromatic heterocycles. The van der Waals surface area contributed by atoms with Crippen LogP contribution in [0.3, 0.4) is 0 Å². The fourth-order valence-corrected chi connectivity index (χ4v) is 1.70. The van der Waals surface area contributed by atoms with E-state index in [1.165, 1.54) is 11.0 Å². The summed E-state index contributed by atoms with van der Waals surface area (Å²) >= 11 is 0. The number of carbonyl (C=O) groups is 1. The molecule has 1 aromatic carbocycles. The third-order valence-electron chi connectivity index (χ3n) is 2.71. The topological polar surface area (TPSA) is 89.5 Å². The van der Waals surface area contributed by atoms with Crippen LogP contribution in [0.15, 0.2) is 18.2 Å². The summed E-state index contributed by atoms with van der Waals surface area (Å²) in [7, 11) is 1.62. The largest absolute Gasteiger partial charge is 0.341 e. The fourth-order valence-electron chi connectivity index (χ4n) is 1.70. The maximum absolute atomic E-state index is 12.2. The lowest BCUT2D eigenvalue weighted by Crippen LogP contribution is -2.30. The highest BCUT2D eigenvalue weighted by Crippen LogP contribution is 2.23. The molecule has 1 aromatic rings. The van der Waals surface area contributed by atoms with Gasteiger partial charge in [-0.25, -0.2) is 0 Å². The third-order valence-corrected chi connectivity index (χ3v) is 2.71. The molecule has 0 saturated heterocycles. The third kappa shape index (κ3) is 3.04. The predicted octanol–water partition coefficient (Wildman–Crippen LogP) is 1.32. The van der Waals surface area contributed by atoms with Crippen molar-refractivity contribution in [3.63, 3.8) is 0 Å². The molecule has 0 spiro atoms. The molecule has 0 bridgehead atoms. The molecule has 18 heavy (non-hydrogen) atoms. The van der Waals surface area contributed by atoms with Gasteiger partial charge in [-0.3, -0.25) is 14.9 Å². The Bertz CT molecular complexity index is 460. The zero-order valence-corrected chi connectivity index (χ0v) is 10.5. The number of nitro groups is 1. The van der Waals surface area contributed by atoms with Crippen molar-refractivity contribution in [2.24, 2.45) is 5.73 Å². The Morgan fingerprint density at radius 1 is 1.50 bits per heavy atom. The van der Waals surface area contributed by atoms with E-state index in [1.54, 1.807) is 26.1 Å². The summed E-state index contributed by atoms with van der Waals surface area (Å²) < 4.78 is 0. The molecule has 2 N–H and O–H groups in total. The van der Waals surface area contributed by atoms with E-state index < -0.39 is 4.92 Å². The minimum atomic E-state index is -0.531. The van der Waals surface area contributed by atoms with Crippen molar-refractivity contribution in [2.75, 3.05) is 20.1 Å². The molecule has 6 nitrogen and oxygen atoms in total. The second-order valence-corrected chi connectivity index (χ2v) is 4.10. The first kappa shape index (κ1) is 14.1. The summed E-state index contributed by atoms with van der Waals surface area (Å²) in [6.45, 7) is 2.66. The predicted molar refractivity (Wildman–Crippen MR) is 68.5 cm³/mol. The average molecular weight is 251 g/mol. The van der Waals surface area contributed by atoms with Crippen LogP contribution in [-0.4, -0.2) is 35.9 Å². The van der Waals surface area contributed by atoms with Crippen LogP contribution in [-0.2, 0) is 0 Å². The monoisotopic (exact) mass is 251 g/mol. The lowest BCUT2D eigenvalue weighted by atomic mass is 10.1. The van der Waals surface area contributed by atoms with Gasteiger partial charge in [-0.2, -0.15) is 0 Å². The zero-order chi connectivity index (χ0) is 13.7. The Kier molecular flexibility index (Phi) is 4.79. The first-order valence-electron chi connectivity index (χ1n) is 5.68. The van der Waals surface area contributed by atoms with Crippen LogP contribution in [0, 0.1) is 17.0 Å². The van der Waals surface area contributed by atoms with E-state index in [9.17, 15) is 14.9 Å². The van der Waals surface area contributed by atoms with Crippen LogP contribution in [0.1, 0.15) is 22.3 Å². The molecule has 1 rings (SSSR count). The summed E-state index contributed by atoms with van der Waals surface area (Å²) in [4.78, 5) is 24.0. The van der Waals surface area contributed by atoms with Gasteiger partial charge in [-0.1, -0.05) is 12.1 Å². The molecule has 1 amide bonds. The maximum atomic E-state index is 12.2. The number of hydrogen-bond donors (Lipinski definition) is 1. The highest BCUT2D eigenvalue weighted by Gasteiger charge is 2.24. The Labute approximate surface area is 106 Å². The van der Waals surface area contributed by atoms with Crippen LogP contribution in [0.25, 0.3) is 0 Å². The second-order valence-electron chi connectivity index (χ2n) is 4.10. The van der Waals surface area contributed by atoms with Crippen LogP contribution in [0.4, 0.5) is 5.69 Å². The van der Waals surface area contributed by atoms with Gasteiger partial charge in [-0.15, -0.1) is 0 Å². The van der Waals surface area contributed by atoms with E-state index >= 15 is 0 Å². The minimum Gasteiger partial charge on any atom is -0.341 e. The number of hydrogen-bond acceptors (Lipinski definition) is 4. The number of carbonyl (C=O) groups excluding carboxylic acids is 1. The first-order valence-corrected chi connectivity index (χ1v) is 5.68. The van der Waals surface area contributed by atoms with E-state index in [4.69, 9.17) is 5.73 Å². The van der Waals surface area contributed by atoms with Gasteiger partial charge in [-0.05, 0) is 25.5 Å². The molecule has 0 heterocycles. The van der Waals surface area contributed by atoms with E-state index in [0.717, 1.165) is 0 Å². The van der Waals surface area contributed by atoms with Gasteiger partial charge in [0.2, 0.25) is 0 Å². The normalized spacial score (nSPS) is 10.2. The van der Waals surface area contributed by atoms with Crippen LogP contribution >= 0.6 is 0 Å². The SMILES string of the molecule is Cc1cccc([N+](=O)[O-])c1C(=O)N(C)CCCN. The summed E-state index contributed by atoms with van der Waals surface area (Å²) in [5.74, 6) is -0.340. The summed E-state index contributed by atoms with van der Waals surface area (Å²) in [5.41, 5.74) is 5.98. The number of nitro benzene ring substituents is 1. The number of rotatable bonds is 5. The van der Waals surface area contributed by atoms with E-state index in [-0.39, 0.29) is 17.2 Å². The minimum absolute atomic E-state index is 0.153. The van der Waals surface area contributed by atoms with Gasteiger partial charge in [0.05, 0.1) is 4.92 Å². The molecule has 0 saturated carbocycles. The smallest absolute Gasteiger partial charge is 0.282 e. The van der Waals surface area contributed by atoms with Gasteiger partial charge < -0.3 is 10.6 Å². The van der Waals surface area contributed by atoms with Gasteiger partial charge in [0.25, 0.3) is 11.6 Å². The quantitative estimate of drug-likeness (QED) is 0.631. The molecule has 0 aliphatic rings. The Balaban J connectivity index is 3.08. The number of nitrogens with two attached hydrogens (primary N) is 1.